The highest BCUT2D eigenvalue weighted by Crippen LogP contribution is 2.43. The third-order valence-electron chi connectivity index (χ3n) is 7.79. The molecule has 6 heteroatoms. The largest absolute Gasteiger partial charge is 0.366 e. The molecule has 0 aromatic carbocycles. The molecule has 3 aliphatic heterocycles. The quantitative estimate of drug-likeness (QED) is 0.671. The highest BCUT2D eigenvalue weighted by Gasteiger charge is 2.44. The van der Waals surface area contributed by atoms with Crippen molar-refractivity contribution in [2.24, 2.45) is 13.0 Å². The molecule has 4 rings (SSSR count). The van der Waals surface area contributed by atoms with E-state index >= 15 is 0 Å². The molecule has 1 amide bonds. The number of piperidine rings is 2. The van der Waals surface area contributed by atoms with Gasteiger partial charge in [0, 0.05) is 31.6 Å². The minimum absolute atomic E-state index is 0.140. The maximum Gasteiger partial charge on any atom is 0.272 e. The van der Waals surface area contributed by atoms with Crippen molar-refractivity contribution in [3.8, 4) is 0 Å². The Labute approximate surface area is 199 Å². The van der Waals surface area contributed by atoms with Crippen LogP contribution in [0.2, 0.25) is 0 Å². The van der Waals surface area contributed by atoms with Crippen molar-refractivity contribution in [3.63, 3.8) is 0 Å². The van der Waals surface area contributed by atoms with Crippen LogP contribution in [0, 0.1) is 5.92 Å². The zero-order chi connectivity index (χ0) is 23.4. The summed E-state index contributed by atoms with van der Waals surface area (Å²) >= 11 is 0. The normalized spacial score (nSPS) is 22.1. The van der Waals surface area contributed by atoms with Crippen molar-refractivity contribution in [2.75, 3.05) is 38.5 Å². The van der Waals surface area contributed by atoms with Crippen LogP contribution in [0.3, 0.4) is 0 Å². The second-order valence-electron chi connectivity index (χ2n) is 9.98. The number of pyridine rings is 1. The first kappa shape index (κ1) is 24.0. The van der Waals surface area contributed by atoms with Crippen LogP contribution < -0.4 is 10.3 Å². The van der Waals surface area contributed by atoms with Gasteiger partial charge in [-0.2, -0.15) is 0 Å². The summed E-state index contributed by atoms with van der Waals surface area (Å²) in [4.78, 5) is 17.9. The minimum Gasteiger partial charge on any atom is -0.366 e. The van der Waals surface area contributed by atoms with E-state index in [0.717, 1.165) is 83.7 Å². The van der Waals surface area contributed by atoms with Gasteiger partial charge in [-0.25, -0.2) is 4.57 Å². The summed E-state index contributed by atoms with van der Waals surface area (Å²) < 4.78 is 8.32. The highest BCUT2D eigenvalue weighted by molar-refractivity contribution is 5.79. The number of hydrogen-bond donors (Lipinski definition) is 1. The maximum atomic E-state index is 13.3. The zero-order valence-corrected chi connectivity index (χ0v) is 20.7. The summed E-state index contributed by atoms with van der Waals surface area (Å²) in [6.07, 6.45) is 12.3. The van der Waals surface area contributed by atoms with E-state index in [-0.39, 0.29) is 11.5 Å². The number of anilines is 1. The fraction of sp³-hybridized carbons (Fsp3) is 0.630. The monoisotopic (exact) mass is 453 g/mol. The van der Waals surface area contributed by atoms with Crippen LogP contribution in [-0.4, -0.2) is 54.1 Å². The number of ether oxygens (including phenoxy) is 1. The molecule has 1 aromatic heterocycles. The number of nitrogens with zero attached hydrogens (tertiary/aromatic N) is 3. The standard InChI is InChI=1S/C27H40N4O2/c1-4-6-23-20-33-27(24(23)7-5-2)11-16-31(17-12-27)26(32)22-9-14-30(15-10-22)19-21-8-13-29(3)25(28)18-21/h4,6,8,13,18,22,28H,5,7,9-12,14-17,19-20H2,1-3H3/p+1. The van der Waals surface area contributed by atoms with Gasteiger partial charge in [0.2, 0.25) is 5.91 Å². The summed E-state index contributed by atoms with van der Waals surface area (Å²) in [5, 5.41) is 0. The van der Waals surface area contributed by atoms with Gasteiger partial charge in [-0.3, -0.25) is 15.4 Å². The molecule has 0 atom stereocenters. The molecule has 1 spiro atoms. The predicted molar refractivity (Wildman–Crippen MR) is 131 cm³/mol. The molecule has 33 heavy (non-hydrogen) atoms. The highest BCUT2D eigenvalue weighted by atomic mass is 16.5. The molecule has 0 unspecified atom stereocenters. The van der Waals surface area contributed by atoms with E-state index in [2.05, 4.69) is 47.9 Å². The number of aryl methyl sites for hydroxylation is 1. The number of carbonyl (C=O) groups is 1. The lowest BCUT2D eigenvalue weighted by Gasteiger charge is -2.42. The molecule has 0 radical (unpaired) electrons. The smallest absolute Gasteiger partial charge is 0.272 e. The van der Waals surface area contributed by atoms with Crippen molar-refractivity contribution >= 4 is 11.7 Å². The van der Waals surface area contributed by atoms with Crippen LogP contribution in [0.4, 0.5) is 5.82 Å². The fourth-order valence-corrected chi connectivity index (χ4v) is 5.79. The van der Waals surface area contributed by atoms with Crippen LogP contribution in [-0.2, 0) is 23.1 Å². The zero-order valence-electron chi connectivity index (χ0n) is 20.7. The van der Waals surface area contributed by atoms with Gasteiger partial charge in [-0.15, -0.1) is 0 Å². The molecule has 2 saturated heterocycles. The summed E-state index contributed by atoms with van der Waals surface area (Å²) in [5.41, 5.74) is 9.98. The Hall–Kier alpha value is -2.18. The first-order valence-corrected chi connectivity index (χ1v) is 12.7. The second kappa shape index (κ2) is 10.4. The number of allylic oxidation sites excluding steroid dienone is 1. The summed E-state index contributed by atoms with van der Waals surface area (Å²) in [7, 11) is 1.96. The first-order valence-electron chi connectivity index (χ1n) is 12.7. The van der Waals surface area contributed by atoms with Gasteiger partial charge in [-0.1, -0.05) is 25.5 Å². The number of carbonyl (C=O) groups excluding carboxylic acids is 1. The summed E-state index contributed by atoms with van der Waals surface area (Å²) in [6, 6.07) is 4.18. The number of hydrogen-bond acceptors (Lipinski definition) is 4. The average Bonchev–Trinajstić information content (AvgIpc) is 3.14. The topological polar surface area (TPSA) is 62.7 Å². The SMILES string of the molecule is CC=CC1=C(CCC)C2(CCN(C(=O)C3CCN(Cc4cc[n+](C)c(N)c4)CC3)CC2)OC1. The lowest BCUT2D eigenvalue weighted by molar-refractivity contribution is -0.656. The third-order valence-corrected chi connectivity index (χ3v) is 7.79. The van der Waals surface area contributed by atoms with Gasteiger partial charge in [0.25, 0.3) is 5.82 Å². The molecule has 0 aliphatic carbocycles. The third kappa shape index (κ3) is 5.17. The van der Waals surface area contributed by atoms with Gasteiger partial charge in [-0.05, 0) is 74.9 Å². The van der Waals surface area contributed by atoms with Gasteiger partial charge in [0.05, 0.1) is 25.5 Å². The van der Waals surface area contributed by atoms with Gasteiger partial charge in [0.15, 0.2) is 0 Å². The molecule has 180 valence electrons. The van der Waals surface area contributed by atoms with Gasteiger partial charge in [0.1, 0.15) is 0 Å². The maximum absolute atomic E-state index is 13.3. The van der Waals surface area contributed by atoms with Crippen LogP contribution in [0.25, 0.3) is 0 Å². The molecule has 3 aliphatic rings. The molecule has 2 fully saturated rings. The number of nitrogens with two attached hydrogens (primary N) is 1. The molecular weight excluding hydrogens is 412 g/mol. The van der Waals surface area contributed by atoms with E-state index < -0.39 is 0 Å². The van der Waals surface area contributed by atoms with Crippen LogP contribution in [0.5, 0.6) is 0 Å². The molecule has 0 saturated carbocycles. The van der Waals surface area contributed by atoms with Crippen LogP contribution in [0.15, 0.2) is 41.6 Å². The van der Waals surface area contributed by atoms with E-state index in [9.17, 15) is 4.79 Å². The Morgan fingerprint density at radius 3 is 2.64 bits per heavy atom. The number of likely N-dealkylation sites (tertiary alicyclic amines) is 2. The van der Waals surface area contributed by atoms with Crippen molar-refractivity contribution in [3.05, 3.63) is 47.2 Å². The van der Waals surface area contributed by atoms with E-state index in [1.54, 1.807) is 0 Å². The van der Waals surface area contributed by atoms with E-state index in [4.69, 9.17) is 10.5 Å². The number of aromatic nitrogens is 1. The average molecular weight is 454 g/mol. The Morgan fingerprint density at radius 1 is 1.27 bits per heavy atom. The van der Waals surface area contributed by atoms with E-state index in [0.29, 0.717) is 5.91 Å². The Bertz CT molecular complexity index is 907. The van der Waals surface area contributed by atoms with Crippen molar-refractivity contribution in [2.45, 2.75) is 64.5 Å². The summed E-state index contributed by atoms with van der Waals surface area (Å²) in [6.45, 7) is 9.50. The second-order valence-corrected chi connectivity index (χ2v) is 9.98. The fourth-order valence-electron chi connectivity index (χ4n) is 5.79. The molecule has 1 aromatic rings. The van der Waals surface area contributed by atoms with Crippen molar-refractivity contribution in [1.82, 2.24) is 9.80 Å². The van der Waals surface area contributed by atoms with E-state index in [1.807, 2.05) is 17.8 Å². The van der Waals surface area contributed by atoms with Crippen LogP contribution in [0.1, 0.15) is 57.9 Å². The number of amides is 1. The van der Waals surface area contributed by atoms with E-state index in [1.165, 1.54) is 16.7 Å². The minimum atomic E-state index is -0.140. The Kier molecular flexibility index (Phi) is 7.55. The van der Waals surface area contributed by atoms with Crippen molar-refractivity contribution in [1.29, 1.82) is 0 Å². The van der Waals surface area contributed by atoms with Gasteiger partial charge < -0.3 is 9.64 Å². The Morgan fingerprint density at radius 2 is 2.00 bits per heavy atom. The summed E-state index contributed by atoms with van der Waals surface area (Å²) in [5.74, 6) is 1.29. The number of rotatable bonds is 6. The lowest BCUT2D eigenvalue weighted by Crippen LogP contribution is -2.50. The van der Waals surface area contributed by atoms with Gasteiger partial charge >= 0.3 is 0 Å². The van der Waals surface area contributed by atoms with Crippen molar-refractivity contribution < 1.29 is 14.1 Å². The Balaban J connectivity index is 1.29. The molecule has 0 bridgehead atoms. The molecule has 6 nitrogen and oxygen atoms in total. The molecule has 2 N–H and O–H groups in total. The lowest BCUT2D eigenvalue weighted by atomic mass is 9.80. The van der Waals surface area contributed by atoms with Crippen LogP contribution >= 0.6 is 0 Å². The number of nitrogen functional groups attached to an aromatic ring is 1. The molecule has 4 heterocycles. The first-order chi connectivity index (χ1) is 16.0. The predicted octanol–water partition coefficient (Wildman–Crippen LogP) is 3.37. The molecular formula is C27H41N4O2+.